The molecule has 0 aliphatic heterocycles. The van der Waals surface area contributed by atoms with Crippen LogP contribution in [0.25, 0.3) is 10.4 Å². The van der Waals surface area contributed by atoms with Gasteiger partial charge in [-0.05, 0) is 56.8 Å². The third-order valence-corrected chi connectivity index (χ3v) is 7.16. The Hall–Kier alpha value is -3.27. The quantitative estimate of drug-likeness (QED) is 0.192. The number of esters is 1. The van der Waals surface area contributed by atoms with E-state index >= 15 is 0 Å². The summed E-state index contributed by atoms with van der Waals surface area (Å²) >= 11 is 13.2. The molecule has 0 aliphatic carbocycles. The largest absolute Gasteiger partial charge is 0.462 e. The highest BCUT2D eigenvalue weighted by molar-refractivity contribution is 7.80. The number of thiophene rings is 1. The molecular formula is C26H24ClFN4O2S2. The first-order valence-corrected chi connectivity index (χ1v) is 12.8. The number of carbonyl (C=O) groups is 1. The minimum Gasteiger partial charge on any atom is -0.462 e. The number of thiocarbonyl (C=S) groups is 1. The zero-order valence-corrected chi connectivity index (χ0v) is 22.3. The van der Waals surface area contributed by atoms with Crippen LogP contribution in [0.3, 0.4) is 0 Å². The number of benzene rings is 2. The SMILES string of the molecule is CCOC(=O)c1cc(-c2ccccc2)sc1NC(=S)Nc1c(C)nn(Cc2c(F)cccc2Cl)c1C. The van der Waals surface area contributed by atoms with E-state index in [-0.39, 0.29) is 24.1 Å². The van der Waals surface area contributed by atoms with Gasteiger partial charge in [-0.2, -0.15) is 5.10 Å². The summed E-state index contributed by atoms with van der Waals surface area (Å²) in [5.41, 5.74) is 3.90. The van der Waals surface area contributed by atoms with Crippen molar-refractivity contribution in [1.82, 2.24) is 9.78 Å². The molecule has 4 aromatic rings. The summed E-state index contributed by atoms with van der Waals surface area (Å²) in [5.74, 6) is -0.816. The number of ether oxygens (including phenoxy) is 1. The van der Waals surface area contributed by atoms with Crippen LogP contribution in [0.5, 0.6) is 0 Å². The summed E-state index contributed by atoms with van der Waals surface area (Å²) in [4.78, 5) is 13.5. The van der Waals surface area contributed by atoms with Crippen molar-refractivity contribution in [2.75, 3.05) is 17.2 Å². The van der Waals surface area contributed by atoms with Crippen LogP contribution >= 0.6 is 35.2 Å². The molecule has 0 atom stereocenters. The number of anilines is 2. The molecule has 0 unspecified atom stereocenters. The van der Waals surface area contributed by atoms with Crippen LogP contribution in [-0.2, 0) is 11.3 Å². The number of nitrogens with one attached hydrogen (secondary N) is 2. The second kappa shape index (κ2) is 11.2. The summed E-state index contributed by atoms with van der Waals surface area (Å²) in [7, 11) is 0. The lowest BCUT2D eigenvalue weighted by Gasteiger charge is -2.12. The lowest BCUT2D eigenvalue weighted by atomic mass is 10.1. The number of hydrogen-bond acceptors (Lipinski definition) is 5. The van der Waals surface area contributed by atoms with Crippen LogP contribution in [0.4, 0.5) is 15.1 Å². The van der Waals surface area contributed by atoms with E-state index in [2.05, 4.69) is 15.7 Å². The van der Waals surface area contributed by atoms with Crippen molar-refractivity contribution in [3.8, 4) is 10.4 Å². The Balaban J connectivity index is 1.57. The minimum atomic E-state index is -0.428. The first kappa shape index (κ1) is 25.8. The van der Waals surface area contributed by atoms with E-state index in [1.54, 1.807) is 29.8 Å². The summed E-state index contributed by atoms with van der Waals surface area (Å²) in [5, 5.41) is 12.0. The molecule has 2 heterocycles. The summed E-state index contributed by atoms with van der Waals surface area (Å²) in [6, 6.07) is 16.2. The zero-order valence-electron chi connectivity index (χ0n) is 19.9. The number of aromatic nitrogens is 2. The van der Waals surface area contributed by atoms with Gasteiger partial charge in [-0.1, -0.05) is 48.0 Å². The maximum Gasteiger partial charge on any atom is 0.341 e. The van der Waals surface area contributed by atoms with Gasteiger partial charge in [0.1, 0.15) is 10.8 Å². The molecule has 0 amide bonds. The Morgan fingerprint density at radius 1 is 1.17 bits per heavy atom. The van der Waals surface area contributed by atoms with Crippen molar-refractivity contribution < 1.29 is 13.9 Å². The highest BCUT2D eigenvalue weighted by atomic mass is 35.5. The number of halogens is 2. The molecule has 0 spiro atoms. The van der Waals surface area contributed by atoms with Crippen LogP contribution in [0.2, 0.25) is 5.02 Å². The minimum absolute atomic E-state index is 0.179. The highest BCUT2D eigenvalue weighted by Crippen LogP contribution is 2.36. The molecule has 0 bridgehead atoms. The van der Waals surface area contributed by atoms with Gasteiger partial charge < -0.3 is 15.4 Å². The van der Waals surface area contributed by atoms with Gasteiger partial charge in [0, 0.05) is 15.5 Å². The van der Waals surface area contributed by atoms with Gasteiger partial charge in [0.15, 0.2) is 5.11 Å². The first-order chi connectivity index (χ1) is 17.3. The van der Waals surface area contributed by atoms with Gasteiger partial charge in [-0.25, -0.2) is 9.18 Å². The van der Waals surface area contributed by atoms with E-state index in [9.17, 15) is 9.18 Å². The molecular weight excluding hydrogens is 519 g/mol. The molecule has 0 saturated carbocycles. The summed E-state index contributed by atoms with van der Waals surface area (Å²) < 4.78 is 21.2. The van der Waals surface area contributed by atoms with Crippen molar-refractivity contribution >= 4 is 56.9 Å². The second-order valence-electron chi connectivity index (χ2n) is 7.92. The van der Waals surface area contributed by atoms with Crippen LogP contribution in [0.15, 0.2) is 54.6 Å². The maximum absolute atomic E-state index is 14.3. The van der Waals surface area contributed by atoms with Crippen LogP contribution in [-0.4, -0.2) is 27.5 Å². The Labute approximate surface area is 223 Å². The number of hydrogen-bond donors (Lipinski definition) is 2. The van der Waals surface area contributed by atoms with Gasteiger partial charge in [-0.3, -0.25) is 4.68 Å². The van der Waals surface area contributed by atoms with E-state index in [1.807, 2.05) is 44.2 Å². The molecule has 10 heteroatoms. The van der Waals surface area contributed by atoms with E-state index < -0.39 is 5.97 Å². The molecule has 4 rings (SSSR count). The molecule has 0 fully saturated rings. The van der Waals surface area contributed by atoms with Gasteiger partial charge in [-0.15, -0.1) is 11.3 Å². The third kappa shape index (κ3) is 5.59. The van der Waals surface area contributed by atoms with E-state index in [1.165, 1.54) is 17.4 Å². The molecule has 0 radical (unpaired) electrons. The average molecular weight is 543 g/mol. The van der Waals surface area contributed by atoms with E-state index in [4.69, 9.17) is 28.6 Å². The fourth-order valence-corrected chi connectivity index (χ4v) is 5.25. The average Bonchev–Trinajstić information content (AvgIpc) is 3.38. The van der Waals surface area contributed by atoms with Crippen molar-refractivity contribution in [3.05, 3.63) is 88.0 Å². The Morgan fingerprint density at radius 3 is 2.61 bits per heavy atom. The first-order valence-electron chi connectivity index (χ1n) is 11.2. The van der Waals surface area contributed by atoms with Gasteiger partial charge >= 0.3 is 5.97 Å². The number of rotatable bonds is 7. The molecule has 6 nitrogen and oxygen atoms in total. The van der Waals surface area contributed by atoms with Gasteiger partial charge in [0.05, 0.1) is 35.8 Å². The van der Waals surface area contributed by atoms with Crippen LogP contribution in [0.1, 0.15) is 34.2 Å². The van der Waals surface area contributed by atoms with Crippen molar-refractivity contribution in [2.24, 2.45) is 0 Å². The molecule has 186 valence electrons. The molecule has 2 aromatic heterocycles. The lowest BCUT2D eigenvalue weighted by molar-refractivity contribution is 0.0528. The van der Waals surface area contributed by atoms with E-state index in [0.717, 1.165) is 16.1 Å². The van der Waals surface area contributed by atoms with Gasteiger partial charge in [0.25, 0.3) is 0 Å². The fraction of sp³-hybridized carbons (Fsp3) is 0.192. The van der Waals surface area contributed by atoms with Crippen molar-refractivity contribution in [2.45, 2.75) is 27.3 Å². The number of carbonyl (C=O) groups excluding carboxylic acids is 1. The zero-order chi connectivity index (χ0) is 25.8. The third-order valence-electron chi connectivity index (χ3n) is 5.50. The summed E-state index contributed by atoms with van der Waals surface area (Å²) in [6.07, 6.45) is 0. The molecule has 0 saturated heterocycles. The topological polar surface area (TPSA) is 68.2 Å². The Morgan fingerprint density at radius 2 is 1.92 bits per heavy atom. The van der Waals surface area contributed by atoms with Gasteiger partial charge in [0.2, 0.25) is 0 Å². The Bertz CT molecular complexity index is 1400. The van der Waals surface area contributed by atoms with Crippen molar-refractivity contribution in [3.63, 3.8) is 0 Å². The maximum atomic E-state index is 14.3. The standard InChI is InChI=1S/C26H24ClFN4O2S2/c1-4-34-25(33)18-13-22(17-9-6-5-7-10-17)36-24(18)30-26(35)29-23-15(2)31-32(16(23)3)14-19-20(27)11-8-12-21(19)28/h5-13H,4,14H2,1-3H3,(H2,29,30,35). The molecule has 36 heavy (non-hydrogen) atoms. The van der Waals surface area contributed by atoms with E-state index in [0.29, 0.717) is 32.5 Å². The normalized spacial score (nSPS) is 10.8. The van der Waals surface area contributed by atoms with Crippen LogP contribution in [0, 0.1) is 19.7 Å². The lowest BCUT2D eigenvalue weighted by Crippen LogP contribution is -2.21. The van der Waals surface area contributed by atoms with Crippen molar-refractivity contribution in [1.29, 1.82) is 0 Å². The fourth-order valence-electron chi connectivity index (χ4n) is 3.70. The predicted octanol–water partition coefficient (Wildman–Crippen LogP) is 7.05. The number of aryl methyl sites for hydroxylation is 1. The second-order valence-corrected chi connectivity index (χ2v) is 9.79. The van der Waals surface area contributed by atoms with Crippen LogP contribution < -0.4 is 10.6 Å². The molecule has 2 N–H and O–H groups in total. The molecule has 0 aliphatic rings. The predicted molar refractivity (Wildman–Crippen MR) is 148 cm³/mol. The highest BCUT2D eigenvalue weighted by Gasteiger charge is 2.20. The number of nitrogens with zero attached hydrogens (tertiary/aromatic N) is 2. The summed E-state index contributed by atoms with van der Waals surface area (Å²) in [6.45, 7) is 5.90. The molecule has 2 aromatic carbocycles. The Kier molecular flexibility index (Phi) is 8.03. The smallest absolute Gasteiger partial charge is 0.341 e. The monoisotopic (exact) mass is 542 g/mol.